The molecule has 0 aliphatic heterocycles. The van der Waals surface area contributed by atoms with E-state index in [1.165, 1.54) is 19.3 Å². The monoisotopic (exact) mass is 336 g/mol. The van der Waals surface area contributed by atoms with Crippen molar-refractivity contribution in [3.8, 4) is 0 Å². The van der Waals surface area contributed by atoms with Crippen LogP contribution in [0, 0.1) is 5.41 Å². The van der Waals surface area contributed by atoms with Gasteiger partial charge in [0, 0.05) is 18.0 Å². The molecular weight excluding hydrogens is 300 g/mol. The number of rotatable bonds is 8. The van der Waals surface area contributed by atoms with Crippen LogP contribution in [0.25, 0.3) is 0 Å². The first-order chi connectivity index (χ1) is 11.3. The quantitative estimate of drug-likeness (QED) is 0.524. The summed E-state index contributed by atoms with van der Waals surface area (Å²) in [5.41, 5.74) is -0.338. The Morgan fingerprint density at radius 1 is 1.17 bits per heavy atom. The summed E-state index contributed by atoms with van der Waals surface area (Å²) in [6, 6.07) is 0.359. The molecule has 0 fully saturated rings. The highest BCUT2D eigenvalue weighted by molar-refractivity contribution is 5.81. The number of carbonyl (C=O) groups is 2. The van der Waals surface area contributed by atoms with E-state index >= 15 is 0 Å². The highest BCUT2D eigenvalue weighted by Gasteiger charge is 2.21. The summed E-state index contributed by atoms with van der Waals surface area (Å²) in [7, 11) is 0. The van der Waals surface area contributed by atoms with E-state index < -0.39 is 0 Å². The van der Waals surface area contributed by atoms with Gasteiger partial charge < -0.3 is 10.6 Å². The van der Waals surface area contributed by atoms with Crippen LogP contribution in [0.3, 0.4) is 0 Å². The highest BCUT2D eigenvalue weighted by atomic mass is 16.2. The summed E-state index contributed by atoms with van der Waals surface area (Å²) in [5.74, 6) is 0.310. The van der Waals surface area contributed by atoms with Gasteiger partial charge in [0.15, 0.2) is 0 Å². The van der Waals surface area contributed by atoms with Crippen LogP contribution in [0.2, 0.25) is 0 Å². The number of allylic oxidation sites excluding steroid dienone is 1. The average molecular weight is 337 g/mol. The molecule has 1 aliphatic carbocycles. The maximum atomic E-state index is 11.9. The first-order valence-corrected chi connectivity index (χ1v) is 9.50. The summed E-state index contributed by atoms with van der Waals surface area (Å²) in [4.78, 5) is 23.7. The average Bonchev–Trinajstić information content (AvgIpc) is 2.46. The fraction of sp³-hybridized carbons (Fsp3) is 0.800. The zero-order valence-corrected chi connectivity index (χ0v) is 16.0. The number of amides is 1. The lowest BCUT2D eigenvalue weighted by Gasteiger charge is -2.24. The van der Waals surface area contributed by atoms with Crippen molar-refractivity contribution >= 4 is 11.7 Å². The standard InChI is InChI=1S/C20H36N2O2/c1-16(23)18(22-17-12-8-6-5-7-9-13-17)14-10-11-15-21-19(24)20(2,3)4/h6,8,17-18,22H,5,7,9-15H2,1-4H3,(H,21,24)/b8-6-. The zero-order valence-electron chi connectivity index (χ0n) is 16.0. The molecule has 1 amide bonds. The first-order valence-electron chi connectivity index (χ1n) is 9.50. The third kappa shape index (κ3) is 8.62. The van der Waals surface area contributed by atoms with Gasteiger partial charge in [0.2, 0.25) is 5.91 Å². The second-order valence-electron chi connectivity index (χ2n) is 8.02. The van der Waals surface area contributed by atoms with E-state index in [0.717, 1.165) is 32.1 Å². The van der Waals surface area contributed by atoms with Gasteiger partial charge in [-0.05, 0) is 51.9 Å². The molecule has 0 bridgehead atoms. The Hall–Kier alpha value is -1.16. The molecular formula is C20H36N2O2. The van der Waals surface area contributed by atoms with E-state index in [1.807, 2.05) is 20.8 Å². The molecule has 0 radical (unpaired) electrons. The molecule has 0 aromatic rings. The zero-order chi connectivity index (χ0) is 18.0. The van der Waals surface area contributed by atoms with Crippen LogP contribution in [0.1, 0.15) is 79.1 Å². The Morgan fingerprint density at radius 3 is 2.58 bits per heavy atom. The lowest BCUT2D eigenvalue weighted by atomic mass is 9.95. The summed E-state index contributed by atoms with van der Waals surface area (Å²) < 4.78 is 0. The molecule has 2 unspecified atom stereocenters. The molecule has 2 atom stereocenters. The molecule has 0 heterocycles. The van der Waals surface area contributed by atoms with Crippen molar-refractivity contribution < 1.29 is 9.59 Å². The molecule has 2 N–H and O–H groups in total. The van der Waals surface area contributed by atoms with Crippen LogP contribution in [-0.2, 0) is 9.59 Å². The Labute approximate surface area is 147 Å². The normalized spacial score (nSPS) is 21.4. The van der Waals surface area contributed by atoms with Crippen LogP contribution < -0.4 is 10.6 Å². The van der Waals surface area contributed by atoms with Gasteiger partial charge in [-0.25, -0.2) is 0 Å². The SMILES string of the molecule is CC(=O)C(CCCCNC(=O)C(C)(C)C)NC1C/C=C\CCCC1. The van der Waals surface area contributed by atoms with Gasteiger partial charge >= 0.3 is 0 Å². The van der Waals surface area contributed by atoms with Crippen molar-refractivity contribution in [2.45, 2.75) is 91.1 Å². The molecule has 1 rings (SSSR count). The topological polar surface area (TPSA) is 58.2 Å². The van der Waals surface area contributed by atoms with E-state index in [9.17, 15) is 9.59 Å². The number of Topliss-reactive ketones (excluding diaryl/α,β-unsaturated/α-hetero) is 1. The molecule has 0 spiro atoms. The van der Waals surface area contributed by atoms with Crippen molar-refractivity contribution in [2.75, 3.05) is 6.54 Å². The van der Waals surface area contributed by atoms with Crippen LogP contribution >= 0.6 is 0 Å². The Morgan fingerprint density at radius 2 is 1.92 bits per heavy atom. The van der Waals surface area contributed by atoms with E-state index in [-0.39, 0.29) is 23.1 Å². The van der Waals surface area contributed by atoms with Gasteiger partial charge in [0.1, 0.15) is 5.78 Å². The Bertz CT molecular complexity index is 424. The van der Waals surface area contributed by atoms with E-state index in [4.69, 9.17) is 0 Å². The number of nitrogens with one attached hydrogen (secondary N) is 2. The molecule has 0 saturated heterocycles. The summed E-state index contributed by atoms with van der Waals surface area (Å²) in [6.45, 7) is 8.12. The van der Waals surface area contributed by atoms with E-state index in [0.29, 0.717) is 12.6 Å². The second kappa shape index (κ2) is 10.7. The molecule has 4 heteroatoms. The van der Waals surface area contributed by atoms with Crippen molar-refractivity contribution in [1.82, 2.24) is 10.6 Å². The predicted octanol–water partition coefficient (Wildman–Crippen LogP) is 3.76. The highest BCUT2D eigenvalue weighted by Crippen LogP contribution is 2.15. The minimum atomic E-state index is -0.338. The number of carbonyl (C=O) groups excluding carboxylic acids is 2. The third-order valence-electron chi connectivity index (χ3n) is 4.57. The number of unbranched alkanes of at least 4 members (excludes halogenated alkanes) is 1. The van der Waals surface area contributed by atoms with Crippen LogP contribution in [0.5, 0.6) is 0 Å². The van der Waals surface area contributed by atoms with E-state index in [1.54, 1.807) is 6.92 Å². The smallest absolute Gasteiger partial charge is 0.225 e. The van der Waals surface area contributed by atoms with E-state index in [2.05, 4.69) is 22.8 Å². The fourth-order valence-corrected chi connectivity index (χ4v) is 2.93. The maximum absolute atomic E-state index is 11.9. The van der Waals surface area contributed by atoms with Crippen molar-refractivity contribution in [3.63, 3.8) is 0 Å². The third-order valence-corrected chi connectivity index (χ3v) is 4.57. The van der Waals surface area contributed by atoms with Gasteiger partial charge in [-0.15, -0.1) is 0 Å². The number of ketones is 1. The molecule has 0 aromatic carbocycles. The lowest BCUT2D eigenvalue weighted by molar-refractivity contribution is -0.128. The van der Waals surface area contributed by atoms with Gasteiger partial charge in [-0.1, -0.05) is 39.3 Å². The molecule has 0 saturated carbocycles. The van der Waals surface area contributed by atoms with Gasteiger partial charge in [0.05, 0.1) is 6.04 Å². The van der Waals surface area contributed by atoms with Crippen molar-refractivity contribution in [3.05, 3.63) is 12.2 Å². The minimum absolute atomic E-state index is 0.0545. The minimum Gasteiger partial charge on any atom is -0.356 e. The van der Waals surface area contributed by atoms with Gasteiger partial charge in [0.25, 0.3) is 0 Å². The van der Waals surface area contributed by atoms with Crippen LogP contribution in [0.15, 0.2) is 12.2 Å². The molecule has 1 aliphatic rings. The van der Waals surface area contributed by atoms with Crippen LogP contribution in [-0.4, -0.2) is 30.3 Å². The predicted molar refractivity (Wildman–Crippen MR) is 99.9 cm³/mol. The molecule has 4 nitrogen and oxygen atoms in total. The second-order valence-corrected chi connectivity index (χ2v) is 8.02. The summed E-state index contributed by atoms with van der Waals surface area (Å²) in [5, 5.41) is 6.53. The Balaban J connectivity index is 2.30. The molecule has 0 aromatic heterocycles. The largest absolute Gasteiger partial charge is 0.356 e. The number of hydrogen-bond acceptors (Lipinski definition) is 3. The van der Waals surface area contributed by atoms with Crippen molar-refractivity contribution in [1.29, 1.82) is 0 Å². The molecule has 138 valence electrons. The fourth-order valence-electron chi connectivity index (χ4n) is 2.93. The number of hydrogen-bond donors (Lipinski definition) is 2. The Kier molecular flexibility index (Phi) is 9.27. The lowest BCUT2D eigenvalue weighted by Crippen LogP contribution is -2.42. The summed E-state index contributed by atoms with van der Waals surface area (Å²) >= 11 is 0. The first kappa shape index (κ1) is 20.9. The maximum Gasteiger partial charge on any atom is 0.225 e. The van der Waals surface area contributed by atoms with Crippen molar-refractivity contribution in [2.24, 2.45) is 5.41 Å². The molecule has 24 heavy (non-hydrogen) atoms. The summed E-state index contributed by atoms with van der Waals surface area (Å²) in [6.07, 6.45) is 13.0. The van der Waals surface area contributed by atoms with Gasteiger partial charge in [-0.2, -0.15) is 0 Å². The van der Waals surface area contributed by atoms with Gasteiger partial charge in [-0.3, -0.25) is 9.59 Å². The van der Waals surface area contributed by atoms with Crippen LogP contribution in [0.4, 0.5) is 0 Å².